The summed E-state index contributed by atoms with van der Waals surface area (Å²) < 4.78 is 39.6. The fraction of sp³-hybridized carbons (Fsp3) is 0.375. The Morgan fingerprint density at radius 2 is 1.40 bits per heavy atom. The van der Waals surface area contributed by atoms with Crippen LogP contribution in [0.15, 0.2) is 46.8 Å². The SMILES string of the molecule is CC1=C(C)C(c2ccccc2C(F)(F)F)C(C)=C(C)N1. The van der Waals surface area contributed by atoms with E-state index in [0.717, 1.165) is 28.6 Å². The number of halogens is 3. The van der Waals surface area contributed by atoms with Gasteiger partial charge in [-0.3, -0.25) is 0 Å². The molecule has 0 amide bonds. The zero-order valence-corrected chi connectivity index (χ0v) is 12.0. The zero-order valence-electron chi connectivity index (χ0n) is 12.0. The first kappa shape index (κ1) is 14.7. The molecule has 0 radical (unpaired) electrons. The maximum atomic E-state index is 13.2. The molecule has 0 unspecified atom stereocenters. The smallest absolute Gasteiger partial charge is 0.363 e. The summed E-state index contributed by atoms with van der Waals surface area (Å²) in [5.74, 6) is -0.311. The zero-order chi connectivity index (χ0) is 15.1. The normalized spacial score (nSPS) is 17.6. The molecule has 0 spiro atoms. The second-order valence-corrected chi connectivity index (χ2v) is 5.26. The summed E-state index contributed by atoms with van der Waals surface area (Å²) in [5.41, 5.74) is 3.50. The molecule has 20 heavy (non-hydrogen) atoms. The fourth-order valence-electron chi connectivity index (χ4n) is 2.71. The van der Waals surface area contributed by atoms with E-state index in [9.17, 15) is 13.2 Å². The Labute approximate surface area is 117 Å². The van der Waals surface area contributed by atoms with E-state index < -0.39 is 11.7 Å². The third-order valence-electron chi connectivity index (χ3n) is 4.00. The predicted molar refractivity (Wildman–Crippen MR) is 74.1 cm³/mol. The quantitative estimate of drug-likeness (QED) is 0.765. The van der Waals surface area contributed by atoms with Gasteiger partial charge in [-0.2, -0.15) is 13.2 Å². The molecule has 0 bridgehead atoms. The van der Waals surface area contributed by atoms with E-state index in [1.807, 2.05) is 27.7 Å². The molecule has 1 nitrogen and oxygen atoms in total. The average molecular weight is 281 g/mol. The number of rotatable bonds is 1. The number of allylic oxidation sites excluding steroid dienone is 4. The lowest BCUT2D eigenvalue weighted by Gasteiger charge is -2.31. The molecule has 1 aliphatic heterocycles. The van der Waals surface area contributed by atoms with E-state index in [-0.39, 0.29) is 5.92 Å². The molecule has 0 saturated heterocycles. The summed E-state index contributed by atoms with van der Waals surface area (Å²) in [6.07, 6.45) is -4.33. The molecule has 0 atom stereocenters. The molecule has 0 aliphatic carbocycles. The molecule has 1 aliphatic rings. The predicted octanol–water partition coefficient (Wildman–Crippen LogP) is 4.98. The Balaban J connectivity index is 2.64. The van der Waals surface area contributed by atoms with Crippen LogP contribution in [0.2, 0.25) is 0 Å². The first-order valence-corrected chi connectivity index (χ1v) is 6.51. The van der Waals surface area contributed by atoms with Crippen molar-refractivity contribution in [2.24, 2.45) is 0 Å². The van der Waals surface area contributed by atoms with Gasteiger partial charge in [0.15, 0.2) is 0 Å². The third-order valence-corrected chi connectivity index (χ3v) is 4.00. The van der Waals surface area contributed by atoms with E-state index >= 15 is 0 Å². The van der Waals surface area contributed by atoms with Gasteiger partial charge in [0.25, 0.3) is 0 Å². The summed E-state index contributed by atoms with van der Waals surface area (Å²) in [6.45, 7) is 7.56. The second kappa shape index (κ2) is 5.00. The third kappa shape index (κ3) is 2.47. The van der Waals surface area contributed by atoms with Crippen LogP contribution in [0.3, 0.4) is 0 Å². The van der Waals surface area contributed by atoms with Gasteiger partial charge in [0.1, 0.15) is 0 Å². The Bertz CT molecular complexity index is 570. The Kier molecular flexibility index (Phi) is 3.67. The number of benzene rings is 1. The summed E-state index contributed by atoms with van der Waals surface area (Å²) in [6, 6.07) is 5.83. The largest absolute Gasteiger partial charge is 0.416 e. The van der Waals surface area contributed by atoms with Crippen molar-refractivity contribution in [3.8, 4) is 0 Å². The number of dihydropyridines is 1. The minimum atomic E-state index is -4.33. The maximum absolute atomic E-state index is 13.2. The molecule has 0 fully saturated rings. The molecule has 4 heteroatoms. The van der Waals surface area contributed by atoms with Crippen molar-refractivity contribution in [3.05, 3.63) is 57.9 Å². The Morgan fingerprint density at radius 1 is 0.900 bits per heavy atom. The highest BCUT2D eigenvalue weighted by atomic mass is 19.4. The highest BCUT2D eigenvalue weighted by Crippen LogP contribution is 2.42. The van der Waals surface area contributed by atoms with Crippen molar-refractivity contribution in [1.29, 1.82) is 0 Å². The van der Waals surface area contributed by atoms with Crippen LogP contribution in [0.5, 0.6) is 0 Å². The lowest BCUT2D eigenvalue weighted by atomic mass is 9.80. The summed E-state index contributed by atoms with van der Waals surface area (Å²) in [5, 5.41) is 3.21. The van der Waals surface area contributed by atoms with Gasteiger partial charge < -0.3 is 5.32 Å². The van der Waals surface area contributed by atoms with Crippen LogP contribution in [0.25, 0.3) is 0 Å². The van der Waals surface area contributed by atoms with Gasteiger partial charge in [-0.05, 0) is 50.5 Å². The number of nitrogens with one attached hydrogen (secondary N) is 1. The van der Waals surface area contributed by atoms with Gasteiger partial charge in [-0.25, -0.2) is 0 Å². The number of hydrogen-bond acceptors (Lipinski definition) is 1. The lowest BCUT2D eigenvalue weighted by molar-refractivity contribution is -0.138. The molecule has 0 aromatic heterocycles. The van der Waals surface area contributed by atoms with E-state index in [4.69, 9.17) is 0 Å². The van der Waals surface area contributed by atoms with Gasteiger partial charge in [0.05, 0.1) is 5.56 Å². The molecule has 1 N–H and O–H groups in total. The summed E-state index contributed by atoms with van der Waals surface area (Å²) in [4.78, 5) is 0. The minimum Gasteiger partial charge on any atom is -0.363 e. The van der Waals surface area contributed by atoms with Gasteiger partial charge in [0, 0.05) is 17.3 Å². The van der Waals surface area contributed by atoms with Crippen LogP contribution in [0.4, 0.5) is 13.2 Å². The Morgan fingerprint density at radius 3 is 1.90 bits per heavy atom. The highest BCUT2D eigenvalue weighted by Gasteiger charge is 2.36. The van der Waals surface area contributed by atoms with Crippen LogP contribution in [0.1, 0.15) is 44.7 Å². The highest BCUT2D eigenvalue weighted by molar-refractivity contribution is 5.47. The molecule has 0 saturated carbocycles. The van der Waals surface area contributed by atoms with Crippen LogP contribution in [-0.2, 0) is 6.18 Å². The molecule has 1 aromatic rings. The van der Waals surface area contributed by atoms with Crippen LogP contribution in [0, 0.1) is 0 Å². The van der Waals surface area contributed by atoms with E-state index in [0.29, 0.717) is 5.56 Å². The van der Waals surface area contributed by atoms with Gasteiger partial charge in [-0.1, -0.05) is 18.2 Å². The minimum absolute atomic E-state index is 0.311. The summed E-state index contributed by atoms with van der Waals surface area (Å²) >= 11 is 0. The van der Waals surface area contributed by atoms with E-state index in [2.05, 4.69) is 5.32 Å². The van der Waals surface area contributed by atoms with Gasteiger partial charge in [-0.15, -0.1) is 0 Å². The van der Waals surface area contributed by atoms with Crippen molar-refractivity contribution in [2.45, 2.75) is 39.8 Å². The van der Waals surface area contributed by atoms with E-state index in [1.165, 1.54) is 6.07 Å². The average Bonchev–Trinajstić information content (AvgIpc) is 2.36. The van der Waals surface area contributed by atoms with Crippen LogP contribution in [-0.4, -0.2) is 0 Å². The van der Waals surface area contributed by atoms with Crippen LogP contribution >= 0.6 is 0 Å². The fourth-order valence-corrected chi connectivity index (χ4v) is 2.71. The van der Waals surface area contributed by atoms with Crippen molar-refractivity contribution in [3.63, 3.8) is 0 Å². The molecule has 1 aromatic carbocycles. The topological polar surface area (TPSA) is 12.0 Å². The maximum Gasteiger partial charge on any atom is 0.416 e. The first-order chi connectivity index (χ1) is 9.23. The lowest BCUT2D eigenvalue weighted by Crippen LogP contribution is -2.24. The number of hydrogen-bond donors (Lipinski definition) is 1. The van der Waals surface area contributed by atoms with Crippen molar-refractivity contribution >= 4 is 0 Å². The second-order valence-electron chi connectivity index (χ2n) is 5.26. The van der Waals surface area contributed by atoms with Crippen molar-refractivity contribution in [2.75, 3.05) is 0 Å². The summed E-state index contributed by atoms with van der Waals surface area (Å²) in [7, 11) is 0. The van der Waals surface area contributed by atoms with Gasteiger partial charge in [0.2, 0.25) is 0 Å². The standard InChI is InChI=1S/C16H18F3N/c1-9-11(3)20-12(4)10(2)15(9)13-7-5-6-8-14(13)16(17,18)19/h5-8,15,20H,1-4H3. The molecular formula is C16H18F3N. The molecule has 2 rings (SSSR count). The van der Waals surface area contributed by atoms with Crippen LogP contribution < -0.4 is 5.32 Å². The number of alkyl halides is 3. The Hall–Kier alpha value is -1.71. The molecule has 1 heterocycles. The van der Waals surface area contributed by atoms with Crippen molar-refractivity contribution < 1.29 is 13.2 Å². The molecular weight excluding hydrogens is 263 g/mol. The first-order valence-electron chi connectivity index (χ1n) is 6.51. The van der Waals surface area contributed by atoms with Crippen molar-refractivity contribution in [1.82, 2.24) is 5.32 Å². The van der Waals surface area contributed by atoms with E-state index in [1.54, 1.807) is 12.1 Å². The monoisotopic (exact) mass is 281 g/mol. The molecule has 108 valence electrons. The van der Waals surface area contributed by atoms with Gasteiger partial charge >= 0.3 is 6.18 Å².